The average molecular weight is 360 g/mol. The number of aryl methyl sites for hydroxylation is 1. The molecule has 0 radical (unpaired) electrons. The van der Waals surface area contributed by atoms with Crippen LogP contribution >= 0.6 is 0 Å². The van der Waals surface area contributed by atoms with Gasteiger partial charge in [0.1, 0.15) is 11.3 Å². The van der Waals surface area contributed by atoms with Crippen LogP contribution in [0.1, 0.15) is 5.56 Å². The first-order valence-electron chi connectivity index (χ1n) is 8.65. The van der Waals surface area contributed by atoms with Crippen molar-refractivity contribution in [2.45, 2.75) is 6.54 Å². The number of halogens is 1. The van der Waals surface area contributed by atoms with E-state index in [1.807, 2.05) is 36.0 Å². The van der Waals surface area contributed by atoms with E-state index in [9.17, 15) is 9.18 Å². The summed E-state index contributed by atoms with van der Waals surface area (Å²) in [7, 11) is 1.87. The van der Waals surface area contributed by atoms with Crippen molar-refractivity contribution in [2.75, 3.05) is 10.6 Å². The van der Waals surface area contributed by atoms with Gasteiger partial charge in [-0.2, -0.15) is 0 Å². The molecule has 0 atom stereocenters. The average Bonchev–Trinajstić information content (AvgIpc) is 2.94. The van der Waals surface area contributed by atoms with Gasteiger partial charge in [-0.25, -0.2) is 4.39 Å². The lowest BCUT2D eigenvalue weighted by Crippen LogP contribution is -2.18. The molecule has 0 fully saturated rings. The van der Waals surface area contributed by atoms with Crippen molar-refractivity contribution in [3.63, 3.8) is 0 Å². The van der Waals surface area contributed by atoms with Crippen molar-refractivity contribution >= 4 is 28.0 Å². The number of benzene rings is 2. The zero-order valence-corrected chi connectivity index (χ0v) is 14.7. The number of hydrogen-bond donors (Lipinski definition) is 2. The maximum atomic E-state index is 13.4. The second-order valence-corrected chi connectivity index (χ2v) is 6.86. The normalized spacial score (nSPS) is 12.9. The predicted molar refractivity (Wildman–Crippen MR) is 106 cm³/mol. The molecule has 0 unspecified atom stereocenters. The SMILES string of the molecule is Cn1cc2c3c(c[nH]c(=O)c31)CN(c1ccc(F)cc1)c1ccc(N)cc1-2. The van der Waals surface area contributed by atoms with Gasteiger partial charge in [0.25, 0.3) is 5.56 Å². The highest BCUT2D eigenvalue weighted by molar-refractivity contribution is 6.03. The summed E-state index contributed by atoms with van der Waals surface area (Å²) < 4.78 is 15.3. The molecule has 1 aliphatic rings. The van der Waals surface area contributed by atoms with Gasteiger partial charge in [-0.05, 0) is 48.0 Å². The van der Waals surface area contributed by atoms with E-state index in [-0.39, 0.29) is 11.4 Å². The first-order chi connectivity index (χ1) is 13.0. The molecule has 0 amide bonds. The molecule has 0 aliphatic carbocycles. The van der Waals surface area contributed by atoms with Gasteiger partial charge in [0.05, 0.1) is 6.54 Å². The third-order valence-corrected chi connectivity index (χ3v) is 5.16. The van der Waals surface area contributed by atoms with Crippen molar-refractivity contribution in [2.24, 2.45) is 7.05 Å². The first-order valence-corrected chi connectivity index (χ1v) is 8.65. The van der Waals surface area contributed by atoms with Gasteiger partial charge in [0, 0.05) is 53.0 Å². The second-order valence-electron chi connectivity index (χ2n) is 6.86. The van der Waals surface area contributed by atoms with Gasteiger partial charge in [-0.3, -0.25) is 4.79 Å². The van der Waals surface area contributed by atoms with Gasteiger partial charge in [-0.15, -0.1) is 0 Å². The molecule has 3 N–H and O–H groups in total. The Morgan fingerprint density at radius 3 is 2.67 bits per heavy atom. The highest BCUT2D eigenvalue weighted by atomic mass is 19.1. The maximum absolute atomic E-state index is 13.4. The molecule has 134 valence electrons. The fourth-order valence-corrected chi connectivity index (χ4v) is 3.96. The lowest BCUT2D eigenvalue weighted by Gasteiger charge is -2.26. The predicted octanol–water partition coefficient (Wildman–Crippen LogP) is 3.91. The van der Waals surface area contributed by atoms with Gasteiger partial charge < -0.3 is 20.2 Å². The Morgan fingerprint density at radius 2 is 1.89 bits per heavy atom. The Morgan fingerprint density at radius 1 is 1.11 bits per heavy atom. The van der Waals surface area contributed by atoms with E-state index in [1.54, 1.807) is 18.3 Å². The van der Waals surface area contributed by atoms with Crippen LogP contribution in [0.5, 0.6) is 0 Å². The Hall–Kier alpha value is -3.54. The number of aromatic nitrogens is 2. The minimum absolute atomic E-state index is 0.122. The van der Waals surface area contributed by atoms with Gasteiger partial charge in [-0.1, -0.05) is 0 Å². The smallest absolute Gasteiger partial charge is 0.272 e. The largest absolute Gasteiger partial charge is 0.399 e. The lowest BCUT2D eigenvalue weighted by atomic mass is 10.0. The van der Waals surface area contributed by atoms with E-state index in [1.165, 1.54) is 12.1 Å². The van der Waals surface area contributed by atoms with Crippen LogP contribution in [0.4, 0.5) is 21.5 Å². The third-order valence-electron chi connectivity index (χ3n) is 5.16. The molecule has 0 spiro atoms. The van der Waals surface area contributed by atoms with Gasteiger partial charge >= 0.3 is 0 Å². The molecule has 0 saturated carbocycles. The summed E-state index contributed by atoms with van der Waals surface area (Å²) in [6, 6.07) is 12.2. The molecular formula is C21H17FN4O. The Kier molecular flexibility index (Phi) is 3.18. The summed E-state index contributed by atoms with van der Waals surface area (Å²) in [5.41, 5.74) is 12.0. The van der Waals surface area contributed by atoms with E-state index in [0.717, 1.165) is 33.5 Å². The van der Waals surface area contributed by atoms with Crippen LogP contribution in [-0.4, -0.2) is 9.55 Å². The number of anilines is 3. The second kappa shape index (κ2) is 5.48. The van der Waals surface area contributed by atoms with E-state index < -0.39 is 0 Å². The van der Waals surface area contributed by atoms with E-state index >= 15 is 0 Å². The van der Waals surface area contributed by atoms with Crippen LogP contribution in [0.15, 0.2) is 59.7 Å². The maximum Gasteiger partial charge on any atom is 0.272 e. The topological polar surface area (TPSA) is 67.0 Å². The van der Waals surface area contributed by atoms with Crippen LogP contribution in [0, 0.1) is 5.82 Å². The number of hydrogen-bond acceptors (Lipinski definition) is 3. The minimum atomic E-state index is -0.276. The molecular weight excluding hydrogens is 343 g/mol. The number of nitrogens with zero attached hydrogens (tertiary/aromatic N) is 2. The van der Waals surface area contributed by atoms with E-state index in [4.69, 9.17) is 5.73 Å². The lowest BCUT2D eigenvalue weighted by molar-refractivity contribution is 0.627. The number of nitrogens with two attached hydrogens (primary N) is 1. The van der Waals surface area contributed by atoms with Crippen molar-refractivity contribution in [3.05, 3.63) is 76.6 Å². The van der Waals surface area contributed by atoms with Crippen molar-refractivity contribution in [3.8, 4) is 11.1 Å². The van der Waals surface area contributed by atoms with Crippen LogP contribution in [0.3, 0.4) is 0 Å². The number of H-pyrrole nitrogens is 1. The van der Waals surface area contributed by atoms with Crippen LogP contribution < -0.4 is 16.2 Å². The Bertz CT molecular complexity index is 1250. The standard InChI is InChI=1S/C21H17FN4O/c1-25-11-17-16-8-14(23)4-7-18(16)26(15-5-2-13(22)3-6-15)10-12-9-24-21(27)20(25)19(12)17/h2-9,11H,10,23H2,1H3,(H,24,27). The summed E-state index contributed by atoms with van der Waals surface area (Å²) >= 11 is 0. The molecule has 0 saturated heterocycles. The fraction of sp³-hybridized carbons (Fsp3) is 0.0952. The summed E-state index contributed by atoms with van der Waals surface area (Å²) in [5, 5.41) is 0.928. The van der Waals surface area contributed by atoms with E-state index in [0.29, 0.717) is 17.7 Å². The first kappa shape index (κ1) is 15.7. The van der Waals surface area contributed by atoms with Crippen LogP contribution in [-0.2, 0) is 13.6 Å². The van der Waals surface area contributed by atoms with Crippen molar-refractivity contribution in [1.82, 2.24) is 9.55 Å². The molecule has 4 aromatic rings. The zero-order chi connectivity index (χ0) is 18.7. The molecule has 6 heteroatoms. The Labute approximate surface area is 154 Å². The minimum Gasteiger partial charge on any atom is -0.399 e. The third kappa shape index (κ3) is 2.26. The molecule has 5 nitrogen and oxygen atoms in total. The number of pyridine rings is 1. The van der Waals surface area contributed by atoms with Crippen molar-refractivity contribution < 1.29 is 4.39 Å². The molecule has 1 aliphatic heterocycles. The zero-order valence-electron chi connectivity index (χ0n) is 14.7. The fourth-order valence-electron chi connectivity index (χ4n) is 3.96. The highest BCUT2D eigenvalue weighted by Crippen LogP contribution is 2.44. The van der Waals surface area contributed by atoms with E-state index in [2.05, 4.69) is 9.88 Å². The van der Waals surface area contributed by atoms with Crippen LogP contribution in [0.2, 0.25) is 0 Å². The molecule has 2 aromatic carbocycles. The molecule has 5 rings (SSSR count). The molecule has 3 heterocycles. The monoisotopic (exact) mass is 360 g/mol. The summed E-state index contributed by atoms with van der Waals surface area (Å²) in [5.74, 6) is -0.276. The number of fused-ring (bicyclic) bond motifs is 2. The number of nitrogen functional groups attached to an aromatic ring is 1. The number of rotatable bonds is 1. The van der Waals surface area contributed by atoms with Gasteiger partial charge in [0.15, 0.2) is 0 Å². The molecule has 2 aromatic heterocycles. The number of nitrogens with one attached hydrogen (secondary N) is 1. The summed E-state index contributed by atoms with van der Waals surface area (Å²) in [6.07, 6.45) is 3.73. The molecule has 0 bridgehead atoms. The van der Waals surface area contributed by atoms with Crippen molar-refractivity contribution in [1.29, 1.82) is 0 Å². The van der Waals surface area contributed by atoms with Gasteiger partial charge in [0.2, 0.25) is 0 Å². The number of aromatic amines is 1. The Balaban J connectivity index is 1.86. The van der Waals surface area contributed by atoms with Crippen LogP contribution in [0.25, 0.3) is 22.0 Å². The molecule has 27 heavy (non-hydrogen) atoms. The quantitative estimate of drug-likeness (QED) is 0.506. The highest BCUT2D eigenvalue weighted by Gasteiger charge is 2.25. The summed E-state index contributed by atoms with van der Waals surface area (Å²) in [6.45, 7) is 0.548. The summed E-state index contributed by atoms with van der Waals surface area (Å²) in [4.78, 5) is 17.4.